The highest BCUT2D eigenvalue weighted by atomic mass is 32.1. The second kappa shape index (κ2) is 5.89. The van der Waals surface area contributed by atoms with Crippen LogP contribution in [0.2, 0.25) is 0 Å². The van der Waals surface area contributed by atoms with Crippen LogP contribution in [0.1, 0.15) is 0 Å². The fourth-order valence-electron chi connectivity index (χ4n) is 3.25. The molecule has 4 aromatic rings. The van der Waals surface area contributed by atoms with Crippen molar-refractivity contribution in [2.75, 3.05) is 31.1 Å². The van der Waals surface area contributed by atoms with E-state index in [0.29, 0.717) is 16.2 Å². The third-order valence-corrected chi connectivity index (χ3v) is 5.55. The van der Waals surface area contributed by atoms with Gasteiger partial charge in [-0.15, -0.1) is 0 Å². The molecule has 26 heavy (non-hydrogen) atoms. The number of nitrogens with one attached hydrogen (secondary N) is 2. The lowest BCUT2D eigenvalue weighted by Crippen LogP contribution is -2.43. The maximum Gasteiger partial charge on any atom is 0.278 e. The predicted molar refractivity (Wildman–Crippen MR) is 103 cm³/mol. The molecule has 0 amide bonds. The minimum absolute atomic E-state index is 0.200. The molecule has 5 rings (SSSR count). The fraction of sp³-hybridized carbons (Fsp3) is 0.294. The van der Waals surface area contributed by atoms with E-state index in [-0.39, 0.29) is 5.56 Å². The molecular formula is C17H17N7OS. The number of aryl methyl sites for hydroxylation is 1. The first-order valence-corrected chi connectivity index (χ1v) is 9.29. The van der Waals surface area contributed by atoms with E-state index in [0.717, 1.165) is 47.8 Å². The molecule has 8 nitrogen and oxygen atoms in total. The van der Waals surface area contributed by atoms with E-state index in [2.05, 4.69) is 30.3 Å². The number of hydrogen-bond donors (Lipinski definition) is 2. The van der Waals surface area contributed by atoms with E-state index < -0.39 is 0 Å². The number of anilines is 1. The van der Waals surface area contributed by atoms with Gasteiger partial charge >= 0.3 is 0 Å². The van der Waals surface area contributed by atoms with Crippen molar-refractivity contribution in [3.8, 4) is 11.4 Å². The largest absolute Gasteiger partial charge is 0.345 e. The summed E-state index contributed by atoms with van der Waals surface area (Å²) in [5.41, 5.74) is 1.99. The Morgan fingerprint density at radius 3 is 2.88 bits per heavy atom. The highest BCUT2D eigenvalue weighted by Gasteiger charge is 2.18. The minimum atomic E-state index is -0.200. The molecule has 0 unspecified atom stereocenters. The lowest BCUT2D eigenvalue weighted by molar-refractivity contribution is 0.588. The van der Waals surface area contributed by atoms with Gasteiger partial charge in [0.15, 0.2) is 15.5 Å². The molecule has 0 bridgehead atoms. The van der Waals surface area contributed by atoms with Gasteiger partial charge in [0.05, 0.1) is 5.52 Å². The van der Waals surface area contributed by atoms with Gasteiger partial charge in [-0.1, -0.05) is 11.3 Å². The molecule has 1 fully saturated rings. The molecule has 0 saturated carbocycles. The summed E-state index contributed by atoms with van der Waals surface area (Å²) >= 11 is 1.47. The highest BCUT2D eigenvalue weighted by Crippen LogP contribution is 2.28. The molecule has 1 aliphatic heterocycles. The van der Waals surface area contributed by atoms with Gasteiger partial charge in [0.25, 0.3) is 5.56 Å². The van der Waals surface area contributed by atoms with Crippen LogP contribution in [-0.2, 0) is 7.05 Å². The highest BCUT2D eigenvalue weighted by molar-refractivity contribution is 7.21. The average Bonchev–Trinajstić information content (AvgIpc) is 3.24. The van der Waals surface area contributed by atoms with Gasteiger partial charge in [-0.2, -0.15) is 5.10 Å². The summed E-state index contributed by atoms with van der Waals surface area (Å²) in [5, 5.41) is 9.57. The quantitative estimate of drug-likeness (QED) is 0.556. The first-order chi connectivity index (χ1) is 12.7. The molecule has 0 radical (unpaired) electrons. The molecule has 3 aromatic heterocycles. The van der Waals surface area contributed by atoms with Crippen LogP contribution in [0.25, 0.3) is 32.6 Å². The maximum absolute atomic E-state index is 12.5. The SMILES string of the molecule is Cn1cc2cc(-c3nc4sc(N5CCNCC5)nc4c(=O)[nH]3)ccc2n1. The zero-order valence-electron chi connectivity index (χ0n) is 14.2. The fourth-order valence-corrected chi connectivity index (χ4v) is 4.24. The molecule has 2 N–H and O–H groups in total. The normalized spacial score (nSPS) is 15.2. The Kier molecular flexibility index (Phi) is 3.50. The summed E-state index contributed by atoms with van der Waals surface area (Å²) in [4.78, 5) is 27.5. The molecule has 0 spiro atoms. The van der Waals surface area contributed by atoms with Crippen LogP contribution in [0.15, 0.2) is 29.2 Å². The lowest BCUT2D eigenvalue weighted by Gasteiger charge is -2.26. The number of aromatic amines is 1. The van der Waals surface area contributed by atoms with Crippen LogP contribution in [0.5, 0.6) is 0 Å². The smallest absolute Gasteiger partial charge is 0.278 e. The van der Waals surface area contributed by atoms with Crippen LogP contribution < -0.4 is 15.8 Å². The number of hydrogen-bond acceptors (Lipinski definition) is 7. The van der Waals surface area contributed by atoms with Gasteiger partial charge in [-0.3, -0.25) is 9.48 Å². The molecule has 4 heterocycles. The number of nitrogens with zero attached hydrogens (tertiary/aromatic N) is 5. The molecule has 1 saturated heterocycles. The molecule has 1 aromatic carbocycles. The Morgan fingerprint density at radius 1 is 1.19 bits per heavy atom. The summed E-state index contributed by atoms with van der Waals surface area (Å²) in [7, 11) is 1.89. The maximum atomic E-state index is 12.5. The summed E-state index contributed by atoms with van der Waals surface area (Å²) in [6.45, 7) is 3.64. The Hall–Kier alpha value is -2.78. The van der Waals surface area contributed by atoms with Crippen molar-refractivity contribution in [3.05, 3.63) is 34.7 Å². The summed E-state index contributed by atoms with van der Waals surface area (Å²) < 4.78 is 1.77. The number of thiazole rings is 1. The van der Waals surface area contributed by atoms with Crippen LogP contribution in [0.3, 0.4) is 0 Å². The Morgan fingerprint density at radius 2 is 2.04 bits per heavy atom. The van der Waals surface area contributed by atoms with Crippen LogP contribution in [-0.4, -0.2) is 50.9 Å². The first kappa shape index (κ1) is 15.5. The summed E-state index contributed by atoms with van der Waals surface area (Å²) in [5.74, 6) is 0.559. The van der Waals surface area contributed by atoms with Crippen molar-refractivity contribution in [2.24, 2.45) is 7.05 Å². The van der Waals surface area contributed by atoms with Crippen molar-refractivity contribution in [1.29, 1.82) is 0 Å². The monoisotopic (exact) mass is 367 g/mol. The average molecular weight is 367 g/mol. The van der Waals surface area contributed by atoms with Crippen molar-refractivity contribution >= 4 is 37.7 Å². The molecule has 132 valence electrons. The van der Waals surface area contributed by atoms with E-state index >= 15 is 0 Å². The van der Waals surface area contributed by atoms with Gasteiger partial charge < -0.3 is 15.2 Å². The van der Waals surface area contributed by atoms with E-state index in [9.17, 15) is 4.79 Å². The van der Waals surface area contributed by atoms with Crippen molar-refractivity contribution in [1.82, 2.24) is 30.0 Å². The summed E-state index contributed by atoms with van der Waals surface area (Å²) in [6.07, 6.45) is 1.95. The van der Waals surface area contributed by atoms with Crippen LogP contribution >= 0.6 is 11.3 Å². The predicted octanol–water partition coefficient (Wildman–Crippen LogP) is 1.34. The number of piperazine rings is 1. The van der Waals surface area contributed by atoms with Crippen molar-refractivity contribution < 1.29 is 0 Å². The standard InChI is InChI=1S/C17H17N7OS/c1-23-9-11-8-10(2-3-12(11)22-23)14-20-15(25)13-16(21-14)26-17(19-13)24-6-4-18-5-7-24/h2-3,8-9,18H,4-7H2,1H3,(H,20,21,25). The molecule has 1 aliphatic rings. The van der Waals surface area contributed by atoms with Gasteiger partial charge in [0.1, 0.15) is 5.82 Å². The van der Waals surface area contributed by atoms with E-state index in [4.69, 9.17) is 0 Å². The molecule has 0 atom stereocenters. The van der Waals surface area contributed by atoms with Crippen LogP contribution in [0, 0.1) is 0 Å². The number of aromatic nitrogens is 5. The molecule has 0 aliphatic carbocycles. The van der Waals surface area contributed by atoms with E-state index in [1.807, 2.05) is 31.4 Å². The number of rotatable bonds is 2. The Labute approximate surface area is 152 Å². The van der Waals surface area contributed by atoms with E-state index in [1.54, 1.807) is 4.68 Å². The first-order valence-electron chi connectivity index (χ1n) is 8.48. The zero-order valence-corrected chi connectivity index (χ0v) is 15.0. The summed E-state index contributed by atoms with van der Waals surface area (Å²) in [6, 6.07) is 5.86. The van der Waals surface area contributed by atoms with Crippen molar-refractivity contribution in [3.63, 3.8) is 0 Å². The van der Waals surface area contributed by atoms with E-state index in [1.165, 1.54) is 11.3 Å². The van der Waals surface area contributed by atoms with Crippen LogP contribution in [0.4, 0.5) is 5.13 Å². The van der Waals surface area contributed by atoms with Crippen molar-refractivity contribution in [2.45, 2.75) is 0 Å². The number of H-pyrrole nitrogens is 1. The third kappa shape index (κ3) is 2.56. The lowest BCUT2D eigenvalue weighted by atomic mass is 10.1. The molecular weight excluding hydrogens is 350 g/mol. The van der Waals surface area contributed by atoms with Gasteiger partial charge in [0.2, 0.25) is 0 Å². The van der Waals surface area contributed by atoms with Gasteiger partial charge in [0, 0.05) is 50.4 Å². The number of benzene rings is 1. The Balaban J connectivity index is 1.60. The minimum Gasteiger partial charge on any atom is -0.345 e. The molecule has 9 heteroatoms. The zero-order chi connectivity index (χ0) is 17.7. The second-order valence-corrected chi connectivity index (χ2v) is 7.33. The van der Waals surface area contributed by atoms with Gasteiger partial charge in [-0.25, -0.2) is 9.97 Å². The second-order valence-electron chi connectivity index (χ2n) is 6.38. The van der Waals surface area contributed by atoms with Gasteiger partial charge in [-0.05, 0) is 18.2 Å². The Bertz CT molecular complexity index is 1170. The topological polar surface area (TPSA) is 91.7 Å². The third-order valence-electron chi connectivity index (χ3n) is 4.54. The number of fused-ring (bicyclic) bond motifs is 2.